The summed E-state index contributed by atoms with van der Waals surface area (Å²) >= 11 is 6.20. The number of hydrogen-bond donors (Lipinski definition) is 1. The van der Waals surface area contributed by atoms with Crippen molar-refractivity contribution in [2.24, 2.45) is 11.7 Å². The Morgan fingerprint density at radius 3 is 2.55 bits per heavy atom. The predicted molar refractivity (Wildman–Crippen MR) is 78.2 cm³/mol. The summed E-state index contributed by atoms with van der Waals surface area (Å²) in [6.45, 7) is 0. The second-order valence-electron chi connectivity index (χ2n) is 4.89. The van der Waals surface area contributed by atoms with Crippen molar-refractivity contribution in [1.82, 2.24) is 0 Å². The Labute approximate surface area is 123 Å². The summed E-state index contributed by atoms with van der Waals surface area (Å²) in [5, 5.41) is 0.351. The number of halogens is 1. The number of ether oxygens (including phenoxy) is 2. The van der Waals surface area contributed by atoms with Crippen LogP contribution in [0.4, 0.5) is 0 Å². The number of nitrogens with two attached hydrogens (primary N) is 1. The van der Waals surface area contributed by atoms with E-state index in [2.05, 4.69) is 0 Å². The molecule has 2 N–H and O–H groups in total. The zero-order valence-electron chi connectivity index (χ0n) is 11.4. The molecule has 1 aliphatic rings. The van der Waals surface area contributed by atoms with E-state index in [0.29, 0.717) is 28.5 Å². The number of sulfone groups is 1. The first-order valence-electron chi connectivity index (χ1n) is 6.26. The van der Waals surface area contributed by atoms with Gasteiger partial charge in [-0.1, -0.05) is 11.6 Å². The van der Waals surface area contributed by atoms with Gasteiger partial charge in [-0.3, -0.25) is 0 Å². The first-order chi connectivity index (χ1) is 9.39. The molecule has 0 aliphatic carbocycles. The second-order valence-corrected chi connectivity index (χ2v) is 7.50. The van der Waals surface area contributed by atoms with Crippen molar-refractivity contribution in [1.29, 1.82) is 0 Å². The molecule has 0 aromatic heterocycles. The van der Waals surface area contributed by atoms with E-state index in [0.717, 1.165) is 0 Å². The fraction of sp³-hybridized carbons (Fsp3) is 0.538. The van der Waals surface area contributed by atoms with Crippen LogP contribution in [0.5, 0.6) is 11.5 Å². The molecule has 2 rings (SSSR count). The maximum absolute atomic E-state index is 11.6. The van der Waals surface area contributed by atoms with Crippen LogP contribution in [0.15, 0.2) is 12.1 Å². The van der Waals surface area contributed by atoms with E-state index in [1.807, 2.05) is 0 Å². The van der Waals surface area contributed by atoms with E-state index in [1.54, 1.807) is 12.1 Å². The third-order valence-corrected chi connectivity index (χ3v) is 5.80. The molecule has 1 aromatic rings. The summed E-state index contributed by atoms with van der Waals surface area (Å²) in [5.41, 5.74) is 6.92. The number of methoxy groups -OCH3 is 2. The van der Waals surface area contributed by atoms with Crippen LogP contribution in [0.2, 0.25) is 5.02 Å². The highest BCUT2D eigenvalue weighted by atomic mass is 35.5. The van der Waals surface area contributed by atoms with E-state index in [9.17, 15) is 8.42 Å². The standard InChI is InChI=1S/C13H18ClNO4S/c1-18-10-4-3-9(13(19-2)11(10)14)12(15)8-5-6-20(16,17)7-8/h3-4,8,12H,5-7,15H2,1-2H3. The van der Waals surface area contributed by atoms with Gasteiger partial charge in [-0.05, 0) is 24.5 Å². The van der Waals surface area contributed by atoms with Gasteiger partial charge in [0.15, 0.2) is 9.84 Å². The maximum Gasteiger partial charge on any atom is 0.150 e. The van der Waals surface area contributed by atoms with E-state index < -0.39 is 15.9 Å². The van der Waals surface area contributed by atoms with E-state index >= 15 is 0 Å². The quantitative estimate of drug-likeness (QED) is 0.915. The van der Waals surface area contributed by atoms with Crippen molar-refractivity contribution in [2.45, 2.75) is 12.5 Å². The van der Waals surface area contributed by atoms with E-state index in [4.69, 9.17) is 26.8 Å². The van der Waals surface area contributed by atoms with Crippen molar-refractivity contribution in [3.05, 3.63) is 22.7 Å². The highest BCUT2D eigenvalue weighted by molar-refractivity contribution is 7.91. The van der Waals surface area contributed by atoms with Gasteiger partial charge in [-0.25, -0.2) is 8.42 Å². The monoisotopic (exact) mass is 319 g/mol. The molecule has 5 nitrogen and oxygen atoms in total. The smallest absolute Gasteiger partial charge is 0.150 e. The van der Waals surface area contributed by atoms with Crippen molar-refractivity contribution < 1.29 is 17.9 Å². The molecule has 0 radical (unpaired) electrons. The van der Waals surface area contributed by atoms with Crippen LogP contribution in [0.3, 0.4) is 0 Å². The Bertz CT molecular complexity index is 603. The molecular formula is C13H18ClNO4S. The van der Waals surface area contributed by atoms with Gasteiger partial charge >= 0.3 is 0 Å². The minimum Gasteiger partial charge on any atom is -0.495 e. The fourth-order valence-corrected chi connectivity index (χ4v) is 4.72. The zero-order chi connectivity index (χ0) is 14.9. The average molecular weight is 320 g/mol. The lowest BCUT2D eigenvalue weighted by molar-refractivity contribution is 0.380. The van der Waals surface area contributed by atoms with Gasteiger partial charge in [0.1, 0.15) is 16.5 Å². The molecule has 1 aliphatic heterocycles. The Hall–Kier alpha value is -0.980. The molecule has 2 unspecified atom stereocenters. The fourth-order valence-electron chi connectivity index (χ4n) is 2.54. The van der Waals surface area contributed by atoms with Crippen LogP contribution < -0.4 is 15.2 Å². The first kappa shape index (κ1) is 15.4. The lowest BCUT2D eigenvalue weighted by Gasteiger charge is -2.22. The third kappa shape index (κ3) is 2.87. The van der Waals surface area contributed by atoms with Gasteiger partial charge in [0.2, 0.25) is 0 Å². The van der Waals surface area contributed by atoms with Crippen LogP contribution in [0.1, 0.15) is 18.0 Å². The zero-order valence-corrected chi connectivity index (χ0v) is 13.0. The predicted octanol–water partition coefficient (Wildman–Crippen LogP) is 1.79. The van der Waals surface area contributed by atoms with Crippen LogP contribution >= 0.6 is 11.6 Å². The molecule has 0 amide bonds. The summed E-state index contributed by atoms with van der Waals surface area (Å²) in [4.78, 5) is 0. The Morgan fingerprint density at radius 1 is 1.35 bits per heavy atom. The van der Waals surface area contributed by atoms with Crippen LogP contribution in [-0.4, -0.2) is 34.1 Å². The molecule has 7 heteroatoms. The Morgan fingerprint density at radius 2 is 2.05 bits per heavy atom. The molecule has 20 heavy (non-hydrogen) atoms. The van der Waals surface area contributed by atoms with Gasteiger partial charge in [0.05, 0.1) is 25.7 Å². The van der Waals surface area contributed by atoms with Crippen molar-refractivity contribution >= 4 is 21.4 Å². The highest BCUT2D eigenvalue weighted by Gasteiger charge is 2.34. The van der Waals surface area contributed by atoms with Crippen molar-refractivity contribution in [3.8, 4) is 11.5 Å². The molecule has 1 fully saturated rings. The lowest BCUT2D eigenvalue weighted by atomic mass is 9.92. The molecule has 0 saturated carbocycles. The second kappa shape index (κ2) is 5.79. The number of benzene rings is 1. The molecule has 112 valence electrons. The normalized spacial score (nSPS) is 22.5. The van der Waals surface area contributed by atoms with Gasteiger partial charge in [0, 0.05) is 11.6 Å². The molecule has 0 bridgehead atoms. The average Bonchev–Trinajstić information content (AvgIpc) is 2.78. The molecule has 1 heterocycles. The van der Waals surface area contributed by atoms with Gasteiger partial charge < -0.3 is 15.2 Å². The Kier molecular flexibility index (Phi) is 4.46. The number of rotatable bonds is 4. The highest BCUT2D eigenvalue weighted by Crippen LogP contribution is 2.42. The molecule has 2 atom stereocenters. The van der Waals surface area contributed by atoms with Gasteiger partial charge in [0.25, 0.3) is 0 Å². The summed E-state index contributed by atoms with van der Waals surface area (Å²) in [5.74, 6) is 1.14. The van der Waals surface area contributed by atoms with Crippen LogP contribution in [0, 0.1) is 5.92 Å². The summed E-state index contributed by atoms with van der Waals surface area (Å²) in [6.07, 6.45) is 0.566. The summed E-state index contributed by atoms with van der Waals surface area (Å²) < 4.78 is 33.6. The van der Waals surface area contributed by atoms with Gasteiger partial charge in [-0.15, -0.1) is 0 Å². The Balaban J connectivity index is 2.35. The van der Waals surface area contributed by atoms with Crippen LogP contribution in [0.25, 0.3) is 0 Å². The molecule has 1 aromatic carbocycles. The first-order valence-corrected chi connectivity index (χ1v) is 8.46. The minimum absolute atomic E-state index is 0.112. The maximum atomic E-state index is 11.6. The largest absolute Gasteiger partial charge is 0.495 e. The number of hydrogen-bond acceptors (Lipinski definition) is 5. The summed E-state index contributed by atoms with van der Waals surface area (Å²) in [6, 6.07) is 3.06. The third-order valence-electron chi connectivity index (χ3n) is 3.65. The van der Waals surface area contributed by atoms with Crippen molar-refractivity contribution in [3.63, 3.8) is 0 Å². The molecule has 0 spiro atoms. The van der Waals surface area contributed by atoms with Crippen molar-refractivity contribution in [2.75, 3.05) is 25.7 Å². The molecular weight excluding hydrogens is 302 g/mol. The van der Waals surface area contributed by atoms with Crippen LogP contribution in [-0.2, 0) is 9.84 Å². The van der Waals surface area contributed by atoms with E-state index in [-0.39, 0.29) is 17.4 Å². The molecule has 1 saturated heterocycles. The lowest BCUT2D eigenvalue weighted by Crippen LogP contribution is -2.23. The SMILES string of the molecule is COc1ccc(C(N)C2CCS(=O)(=O)C2)c(OC)c1Cl. The van der Waals surface area contributed by atoms with Gasteiger partial charge in [-0.2, -0.15) is 0 Å². The topological polar surface area (TPSA) is 78.6 Å². The van der Waals surface area contributed by atoms with E-state index in [1.165, 1.54) is 14.2 Å². The minimum atomic E-state index is -2.97. The summed E-state index contributed by atoms with van der Waals surface area (Å²) in [7, 11) is 0.0504.